The summed E-state index contributed by atoms with van der Waals surface area (Å²) in [5.74, 6) is 1.85. The van der Waals surface area contributed by atoms with Crippen molar-refractivity contribution in [1.29, 1.82) is 0 Å². The number of hydrogen-bond donors (Lipinski definition) is 2. The molecule has 0 atom stereocenters. The van der Waals surface area contributed by atoms with Crippen molar-refractivity contribution in [2.75, 3.05) is 13.1 Å². The fraction of sp³-hybridized carbons (Fsp3) is 0.500. The molecular weight excluding hydrogens is 300 g/mol. The number of aromatic nitrogens is 3. The van der Waals surface area contributed by atoms with Crippen LogP contribution in [0.5, 0.6) is 0 Å². The van der Waals surface area contributed by atoms with Gasteiger partial charge in [-0.25, -0.2) is 4.99 Å². The van der Waals surface area contributed by atoms with E-state index in [-0.39, 0.29) is 0 Å². The number of benzene rings is 1. The second-order valence-electron chi connectivity index (χ2n) is 5.85. The predicted octanol–water partition coefficient (Wildman–Crippen LogP) is 2.21. The Morgan fingerprint density at radius 3 is 2.75 bits per heavy atom. The van der Waals surface area contributed by atoms with E-state index < -0.39 is 0 Å². The van der Waals surface area contributed by atoms with Gasteiger partial charge in [-0.2, -0.15) is 0 Å². The number of nitrogens with one attached hydrogen (secondary N) is 2. The minimum atomic E-state index is 0.675. The lowest BCUT2D eigenvalue weighted by atomic mass is 10.1. The van der Waals surface area contributed by atoms with E-state index in [4.69, 9.17) is 0 Å². The number of hydrogen-bond acceptors (Lipinski definition) is 3. The quantitative estimate of drug-likeness (QED) is 0.604. The zero-order valence-corrected chi connectivity index (χ0v) is 15.1. The van der Waals surface area contributed by atoms with Crippen LogP contribution in [-0.2, 0) is 19.5 Å². The van der Waals surface area contributed by atoms with Gasteiger partial charge in [-0.15, -0.1) is 10.2 Å². The van der Waals surface area contributed by atoms with Gasteiger partial charge in [-0.3, -0.25) is 0 Å². The van der Waals surface area contributed by atoms with E-state index in [2.05, 4.69) is 76.3 Å². The van der Waals surface area contributed by atoms with Gasteiger partial charge in [0.1, 0.15) is 12.2 Å². The Hall–Kier alpha value is -2.37. The molecule has 24 heavy (non-hydrogen) atoms. The molecule has 0 amide bonds. The van der Waals surface area contributed by atoms with Crippen LogP contribution < -0.4 is 10.6 Å². The summed E-state index contributed by atoms with van der Waals surface area (Å²) < 4.78 is 2.07. The third-order valence-electron chi connectivity index (χ3n) is 3.91. The highest BCUT2D eigenvalue weighted by Crippen LogP contribution is 2.11. The Balaban J connectivity index is 1.93. The number of nitrogens with zero attached hydrogens (tertiary/aromatic N) is 4. The summed E-state index contributed by atoms with van der Waals surface area (Å²) in [7, 11) is 0. The summed E-state index contributed by atoms with van der Waals surface area (Å²) >= 11 is 0. The molecule has 0 saturated heterocycles. The molecule has 1 heterocycles. The van der Waals surface area contributed by atoms with Gasteiger partial charge in [0.05, 0.1) is 6.54 Å². The van der Waals surface area contributed by atoms with Crippen LogP contribution >= 0.6 is 0 Å². The van der Waals surface area contributed by atoms with E-state index in [9.17, 15) is 0 Å². The molecule has 2 rings (SSSR count). The van der Waals surface area contributed by atoms with Crippen molar-refractivity contribution in [2.24, 2.45) is 4.99 Å². The SMILES string of the molecule is CCNC(=NCc1ccc(C)cc1C)NCCn1cnnc1CC. The maximum Gasteiger partial charge on any atom is 0.191 e. The fourth-order valence-electron chi connectivity index (χ4n) is 2.56. The molecule has 6 heteroatoms. The Labute approximate surface area is 144 Å². The molecule has 130 valence electrons. The summed E-state index contributed by atoms with van der Waals surface area (Å²) in [6.45, 7) is 11.5. The smallest absolute Gasteiger partial charge is 0.191 e. The van der Waals surface area contributed by atoms with Crippen molar-refractivity contribution in [2.45, 2.75) is 47.2 Å². The van der Waals surface area contributed by atoms with Gasteiger partial charge in [-0.05, 0) is 31.9 Å². The standard InChI is InChI=1S/C18H28N6/c1-5-17-23-22-13-24(17)10-9-20-18(19-6-2)21-12-16-8-7-14(3)11-15(16)4/h7-8,11,13H,5-6,9-10,12H2,1-4H3,(H2,19,20,21). The molecule has 2 aromatic rings. The van der Waals surface area contributed by atoms with E-state index in [1.54, 1.807) is 6.33 Å². The van der Waals surface area contributed by atoms with Crippen LogP contribution in [0.25, 0.3) is 0 Å². The number of guanidine groups is 1. The Kier molecular flexibility index (Phi) is 6.78. The first-order valence-corrected chi connectivity index (χ1v) is 8.59. The van der Waals surface area contributed by atoms with Crippen LogP contribution in [0.3, 0.4) is 0 Å². The number of aryl methyl sites for hydroxylation is 3. The predicted molar refractivity (Wildman–Crippen MR) is 98.1 cm³/mol. The highest BCUT2D eigenvalue weighted by Gasteiger charge is 2.03. The minimum absolute atomic E-state index is 0.675. The van der Waals surface area contributed by atoms with Crippen LogP contribution in [-0.4, -0.2) is 33.8 Å². The first kappa shape index (κ1) is 18.0. The molecule has 0 bridgehead atoms. The van der Waals surface area contributed by atoms with Crippen LogP contribution in [0.4, 0.5) is 0 Å². The molecule has 0 aliphatic heterocycles. The monoisotopic (exact) mass is 328 g/mol. The first-order valence-electron chi connectivity index (χ1n) is 8.59. The Morgan fingerprint density at radius 1 is 1.21 bits per heavy atom. The average molecular weight is 328 g/mol. The zero-order valence-electron chi connectivity index (χ0n) is 15.1. The second kappa shape index (κ2) is 9.05. The lowest BCUT2D eigenvalue weighted by Gasteiger charge is -2.13. The third kappa shape index (κ3) is 5.08. The van der Waals surface area contributed by atoms with Crippen LogP contribution in [0, 0.1) is 13.8 Å². The summed E-state index contributed by atoms with van der Waals surface area (Å²) in [6.07, 6.45) is 2.67. The second-order valence-corrected chi connectivity index (χ2v) is 5.85. The van der Waals surface area contributed by atoms with E-state index in [1.807, 2.05) is 0 Å². The highest BCUT2D eigenvalue weighted by molar-refractivity contribution is 5.79. The average Bonchev–Trinajstić information content (AvgIpc) is 3.01. The molecule has 0 saturated carbocycles. The van der Waals surface area contributed by atoms with E-state index in [0.29, 0.717) is 6.54 Å². The largest absolute Gasteiger partial charge is 0.357 e. The Morgan fingerprint density at radius 2 is 2.04 bits per heavy atom. The number of aliphatic imine (C=N–C) groups is 1. The lowest BCUT2D eigenvalue weighted by molar-refractivity contribution is 0.632. The summed E-state index contributed by atoms with van der Waals surface area (Å²) in [6, 6.07) is 6.49. The molecule has 1 aromatic heterocycles. The van der Waals surface area contributed by atoms with Gasteiger partial charge in [0.15, 0.2) is 5.96 Å². The van der Waals surface area contributed by atoms with Gasteiger partial charge in [0, 0.05) is 26.1 Å². The molecule has 6 nitrogen and oxygen atoms in total. The zero-order chi connectivity index (χ0) is 17.4. The molecule has 0 aliphatic carbocycles. The third-order valence-corrected chi connectivity index (χ3v) is 3.91. The van der Waals surface area contributed by atoms with Crippen molar-refractivity contribution >= 4 is 5.96 Å². The highest BCUT2D eigenvalue weighted by atomic mass is 15.3. The van der Waals surface area contributed by atoms with Crippen LogP contribution in [0.2, 0.25) is 0 Å². The molecule has 0 unspecified atom stereocenters. The van der Waals surface area contributed by atoms with Crippen molar-refractivity contribution < 1.29 is 0 Å². The lowest BCUT2D eigenvalue weighted by Crippen LogP contribution is -2.39. The van der Waals surface area contributed by atoms with Gasteiger partial charge >= 0.3 is 0 Å². The molecule has 1 aromatic carbocycles. The van der Waals surface area contributed by atoms with Gasteiger partial charge in [-0.1, -0.05) is 30.7 Å². The fourth-order valence-corrected chi connectivity index (χ4v) is 2.56. The topological polar surface area (TPSA) is 67.1 Å². The Bertz CT molecular complexity index is 674. The molecule has 0 aliphatic rings. The van der Waals surface area contributed by atoms with Gasteiger partial charge in [0.25, 0.3) is 0 Å². The summed E-state index contributed by atoms with van der Waals surface area (Å²) in [5.41, 5.74) is 3.82. The summed E-state index contributed by atoms with van der Waals surface area (Å²) in [5, 5.41) is 14.7. The minimum Gasteiger partial charge on any atom is -0.357 e. The first-order chi connectivity index (χ1) is 11.6. The van der Waals surface area contributed by atoms with Crippen molar-refractivity contribution in [1.82, 2.24) is 25.4 Å². The summed E-state index contributed by atoms with van der Waals surface area (Å²) in [4.78, 5) is 4.69. The maximum atomic E-state index is 4.69. The molecule has 0 spiro atoms. The maximum absolute atomic E-state index is 4.69. The van der Waals surface area contributed by atoms with Crippen LogP contribution in [0.15, 0.2) is 29.5 Å². The molecule has 0 fully saturated rings. The normalized spacial score (nSPS) is 11.6. The van der Waals surface area contributed by atoms with Crippen LogP contribution in [0.1, 0.15) is 36.4 Å². The molecule has 2 N–H and O–H groups in total. The van der Waals surface area contributed by atoms with Crippen molar-refractivity contribution in [3.8, 4) is 0 Å². The van der Waals surface area contributed by atoms with Gasteiger partial charge in [0.2, 0.25) is 0 Å². The molecule has 0 radical (unpaired) electrons. The van der Waals surface area contributed by atoms with E-state index in [0.717, 1.165) is 37.8 Å². The van der Waals surface area contributed by atoms with Gasteiger partial charge < -0.3 is 15.2 Å². The molecular formula is C18H28N6. The number of rotatable bonds is 7. The van der Waals surface area contributed by atoms with Crippen molar-refractivity contribution in [3.63, 3.8) is 0 Å². The van der Waals surface area contributed by atoms with Crippen molar-refractivity contribution in [3.05, 3.63) is 47.0 Å². The van der Waals surface area contributed by atoms with E-state index >= 15 is 0 Å². The van der Waals surface area contributed by atoms with E-state index in [1.165, 1.54) is 16.7 Å².